The van der Waals surface area contributed by atoms with E-state index in [2.05, 4.69) is 10.0 Å². The fraction of sp³-hybridized carbons (Fsp3) is 0.0667. The maximum absolute atomic E-state index is 8.15. The Kier molecular flexibility index (Phi) is 4.62. The Labute approximate surface area is 111 Å². The molecule has 0 saturated carbocycles. The van der Waals surface area contributed by atoms with Gasteiger partial charge in [0.2, 0.25) is 0 Å². The monoisotopic (exact) mass is 251 g/mol. The molecule has 4 heteroatoms. The summed E-state index contributed by atoms with van der Waals surface area (Å²) >= 11 is 0. The van der Waals surface area contributed by atoms with Gasteiger partial charge in [-0.05, 0) is 35.4 Å². The molecule has 0 saturated heterocycles. The molecule has 0 heterocycles. The number of para-hydroxylation sites is 1. The van der Waals surface area contributed by atoms with E-state index in [-0.39, 0.29) is 0 Å². The van der Waals surface area contributed by atoms with Crippen LogP contribution < -0.4 is 4.74 Å². The van der Waals surface area contributed by atoms with Gasteiger partial charge in [-0.15, -0.1) is 0 Å². The largest absolute Gasteiger partial charge is 0.457 e. The normalized spacial score (nSPS) is 10.1. The lowest BCUT2D eigenvalue weighted by Crippen LogP contribution is -1.83. The van der Waals surface area contributed by atoms with Gasteiger partial charge in [0.25, 0.3) is 0 Å². The van der Waals surface area contributed by atoms with Crippen molar-refractivity contribution >= 4 is 6.08 Å². The zero-order valence-corrected chi connectivity index (χ0v) is 10.3. The van der Waals surface area contributed by atoms with Crippen LogP contribution in [0.25, 0.3) is 16.5 Å². The van der Waals surface area contributed by atoms with Crippen molar-refractivity contribution in [1.82, 2.24) is 0 Å². The van der Waals surface area contributed by atoms with Crippen LogP contribution in [0.1, 0.15) is 5.56 Å². The van der Waals surface area contributed by atoms with Gasteiger partial charge in [-0.2, -0.15) is 0 Å². The maximum Gasteiger partial charge on any atom is 0.127 e. The minimum Gasteiger partial charge on any atom is -0.457 e. The SMILES string of the molecule is [N-]=[N+]=NCC=Cc1ccc(Oc2ccccc2)cc1. The van der Waals surface area contributed by atoms with Crippen molar-refractivity contribution in [2.75, 3.05) is 6.54 Å². The number of hydrogen-bond donors (Lipinski definition) is 0. The van der Waals surface area contributed by atoms with Crippen LogP contribution in [-0.4, -0.2) is 6.54 Å². The molecule has 2 aromatic rings. The molecule has 0 N–H and O–H groups in total. The maximum atomic E-state index is 8.15. The molecule has 0 aliphatic carbocycles. The lowest BCUT2D eigenvalue weighted by molar-refractivity contribution is 0.482. The molecule has 0 spiro atoms. The van der Waals surface area contributed by atoms with Crippen LogP contribution in [-0.2, 0) is 0 Å². The van der Waals surface area contributed by atoms with E-state index in [1.807, 2.05) is 66.7 Å². The zero-order chi connectivity index (χ0) is 13.3. The molecule has 0 bridgehead atoms. The van der Waals surface area contributed by atoms with Gasteiger partial charge in [0.1, 0.15) is 11.5 Å². The van der Waals surface area contributed by atoms with E-state index in [4.69, 9.17) is 10.3 Å². The van der Waals surface area contributed by atoms with Crippen LogP contribution in [0.15, 0.2) is 65.8 Å². The molecular weight excluding hydrogens is 238 g/mol. The first-order chi connectivity index (χ1) is 9.38. The molecule has 0 amide bonds. The van der Waals surface area contributed by atoms with Crippen LogP contribution >= 0.6 is 0 Å². The van der Waals surface area contributed by atoms with Crippen LogP contribution in [0.4, 0.5) is 0 Å². The molecule has 94 valence electrons. The molecule has 0 radical (unpaired) electrons. The minimum atomic E-state index is 0.360. The van der Waals surface area contributed by atoms with Crippen LogP contribution in [0.5, 0.6) is 11.5 Å². The van der Waals surface area contributed by atoms with Crippen molar-refractivity contribution in [3.63, 3.8) is 0 Å². The summed E-state index contributed by atoms with van der Waals surface area (Å²) in [5.74, 6) is 1.60. The van der Waals surface area contributed by atoms with E-state index >= 15 is 0 Å². The fourth-order valence-electron chi connectivity index (χ4n) is 1.54. The summed E-state index contributed by atoms with van der Waals surface area (Å²) in [5.41, 5.74) is 9.18. The Balaban J connectivity index is 1.98. The Morgan fingerprint density at radius 1 is 1.00 bits per heavy atom. The van der Waals surface area contributed by atoms with Crippen molar-refractivity contribution in [3.05, 3.63) is 76.7 Å². The Morgan fingerprint density at radius 2 is 1.68 bits per heavy atom. The number of benzene rings is 2. The summed E-state index contributed by atoms with van der Waals surface area (Å²) in [7, 11) is 0. The Hall–Kier alpha value is -2.71. The van der Waals surface area contributed by atoms with Gasteiger partial charge < -0.3 is 4.74 Å². The molecule has 0 fully saturated rings. The van der Waals surface area contributed by atoms with E-state index in [1.54, 1.807) is 0 Å². The van der Waals surface area contributed by atoms with Crippen LogP contribution in [0, 0.1) is 0 Å². The second kappa shape index (κ2) is 6.89. The molecular formula is C15H13N3O. The first kappa shape index (κ1) is 12.7. The van der Waals surface area contributed by atoms with Gasteiger partial charge in [-0.25, -0.2) is 0 Å². The van der Waals surface area contributed by atoms with E-state index in [9.17, 15) is 0 Å². The number of rotatable bonds is 5. The van der Waals surface area contributed by atoms with Crippen LogP contribution in [0.3, 0.4) is 0 Å². The fourth-order valence-corrected chi connectivity index (χ4v) is 1.54. The summed E-state index contributed by atoms with van der Waals surface area (Å²) < 4.78 is 5.69. The minimum absolute atomic E-state index is 0.360. The quantitative estimate of drug-likeness (QED) is 0.427. The highest BCUT2D eigenvalue weighted by Gasteiger charge is 1.95. The first-order valence-electron chi connectivity index (χ1n) is 5.89. The Morgan fingerprint density at radius 3 is 2.37 bits per heavy atom. The highest BCUT2D eigenvalue weighted by molar-refractivity contribution is 5.51. The van der Waals surface area contributed by atoms with Gasteiger partial charge >= 0.3 is 0 Å². The topological polar surface area (TPSA) is 58.0 Å². The summed E-state index contributed by atoms with van der Waals surface area (Å²) in [6, 6.07) is 17.3. The lowest BCUT2D eigenvalue weighted by atomic mass is 10.2. The predicted octanol–water partition coefficient (Wildman–Crippen LogP) is 4.80. The van der Waals surface area contributed by atoms with E-state index in [1.165, 1.54) is 0 Å². The van der Waals surface area contributed by atoms with Crippen LogP contribution in [0.2, 0.25) is 0 Å². The third-order valence-corrected chi connectivity index (χ3v) is 2.42. The average molecular weight is 251 g/mol. The molecule has 0 aromatic heterocycles. The Bertz CT molecular complexity index is 585. The molecule has 0 atom stereocenters. The number of azide groups is 1. The smallest absolute Gasteiger partial charge is 0.127 e. The zero-order valence-electron chi connectivity index (χ0n) is 10.3. The predicted molar refractivity (Wildman–Crippen MR) is 76.0 cm³/mol. The summed E-state index contributed by atoms with van der Waals surface area (Å²) in [6.45, 7) is 0.360. The highest BCUT2D eigenvalue weighted by Crippen LogP contribution is 2.21. The van der Waals surface area contributed by atoms with E-state index in [0.717, 1.165) is 17.1 Å². The van der Waals surface area contributed by atoms with E-state index in [0.29, 0.717) is 6.54 Å². The van der Waals surface area contributed by atoms with Gasteiger partial charge in [0.05, 0.1) is 0 Å². The molecule has 2 aromatic carbocycles. The standard InChI is InChI=1S/C15H13N3O/c16-18-17-12-4-5-13-8-10-15(11-9-13)19-14-6-2-1-3-7-14/h1-11H,12H2. The van der Waals surface area contributed by atoms with Crippen molar-refractivity contribution in [2.24, 2.45) is 5.11 Å². The number of nitrogens with zero attached hydrogens (tertiary/aromatic N) is 3. The second-order valence-corrected chi connectivity index (χ2v) is 3.80. The van der Waals surface area contributed by atoms with E-state index < -0.39 is 0 Å². The molecule has 4 nitrogen and oxygen atoms in total. The molecule has 0 unspecified atom stereocenters. The lowest BCUT2D eigenvalue weighted by Gasteiger charge is -2.05. The highest BCUT2D eigenvalue weighted by atomic mass is 16.5. The number of hydrogen-bond acceptors (Lipinski definition) is 2. The van der Waals surface area contributed by atoms with Gasteiger partial charge in [-0.3, -0.25) is 0 Å². The third-order valence-electron chi connectivity index (χ3n) is 2.42. The van der Waals surface area contributed by atoms with Crippen molar-refractivity contribution < 1.29 is 4.74 Å². The summed E-state index contributed by atoms with van der Waals surface area (Å²) in [5, 5.41) is 3.43. The van der Waals surface area contributed by atoms with Gasteiger partial charge in [0.15, 0.2) is 0 Å². The molecule has 19 heavy (non-hydrogen) atoms. The molecule has 0 aliphatic heterocycles. The average Bonchev–Trinajstić information content (AvgIpc) is 2.46. The van der Waals surface area contributed by atoms with Gasteiger partial charge in [0, 0.05) is 11.5 Å². The summed E-state index contributed by atoms with van der Waals surface area (Å²) in [4.78, 5) is 2.68. The molecule has 2 rings (SSSR count). The number of ether oxygens (including phenoxy) is 1. The summed E-state index contributed by atoms with van der Waals surface area (Å²) in [6.07, 6.45) is 3.72. The second-order valence-electron chi connectivity index (χ2n) is 3.80. The third kappa shape index (κ3) is 4.22. The first-order valence-corrected chi connectivity index (χ1v) is 5.89. The van der Waals surface area contributed by atoms with Gasteiger partial charge in [-0.1, -0.05) is 47.6 Å². The van der Waals surface area contributed by atoms with Crippen molar-refractivity contribution in [1.29, 1.82) is 0 Å². The van der Waals surface area contributed by atoms with Crippen molar-refractivity contribution in [2.45, 2.75) is 0 Å². The van der Waals surface area contributed by atoms with Crippen molar-refractivity contribution in [3.8, 4) is 11.5 Å². The molecule has 0 aliphatic rings.